The quantitative estimate of drug-likeness (QED) is 0.310. The minimum atomic E-state index is -2.67. The van der Waals surface area contributed by atoms with E-state index >= 15 is 0 Å². The Morgan fingerprint density at radius 1 is 1.10 bits per heavy atom. The van der Waals surface area contributed by atoms with Crippen LogP contribution in [0.5, 0.6) is 5.75 Å². The molecule has 4 atom stereocenters. The van der Waals surface area contributed by atoms with Gasteiger partial charge < -0.3 is 36.0 Å². The zero-order chi connectivity index (χ0) is 31.0. The summed E-state index contributed by atoms with van der Waals surface area (Å²) in [6, 6.07) is 4.61. The molecular weight excluding hydrogens is 560 g/mol. The number of carbonyl (C=O) groups excluding carboxylic acids is 3. The molecule has 1 aromatic carbocycles. The van der Waals surface area contributed by atoms with E-state index in [0.717, 1.165) is 15.4 Å². The molecule has 12 heteroatoms. The van der Waals surface area contributed by atoms with E-state index in [0.29, 0.717) is 17.7 Å². The molecule has 1 heterocycles. The predicted octanol–water partition coefficient (Wildman–Crippen LogP) is 1.82. The van der Waals surface area contributed by atoms with Gasteiger partial charge in [-0.15, -0.1) is 11.3 Å². The highest BCUT2D eigenvalue weighted by atomic mass is 32.1. The number of hydrogen-bond donors (Lipinski definition) is 5. The van der Waals surface area contributed by atoms with Crippen molar-refractivity contribution in [1.29, 1.82) is 0 Å². The number of Topliss-reactive ketones (excluding diaryl/α,β-unsaturated/α-hetero) is 2. The molecule has 1 saturated carbocycles. The van der Waals surface area contributed by atoms with E-state index in [9.17, 15) is 34.8 Å². The zero-order valence-electron chi connectivity index (χ0n) is 24.4. The predicted molar refractivity (Wildman–Crippen MR) is 159 cm³/mol. The first-order valence-electron chi connectivity index (χ1n) is 13.6. The Balaban J connectivity index is 1.73. The first-order valence-corrected chi connectivity index (χ1v) is 14.4. The molecule has 0 bridgehead atoms. The fraction of sp³-hybridized carbons (Fsp3) is 0.433. The summed E-state index contributed by atoms with van der Waals surface area (Å²) in [7, 11) is 10.8. The van der Waals surface area contributed by atoms with Gasteiger partial charge in [0.25, 0.3) is 5.91 Å². The number of amides is 1. The Hall–Kier alpha value is -3.71. The van der Waals surface area contributed by atoms with E-state index in [1.807, 2.05) is 56.2 Å². The van der Waals surface area contributed by atoms with Gasteiger partial charge >= 0.3 is 0 Å². The number of primary amides is 1. The number of likely N-dealkylation sites (N-methyl/N-ethyl adjacent to an activating group) is 1. The summed E-state index contributed by atoms with van der Waals surface area (Å²) >= 11 is 1.50. The Kier molecular flexibility index (Phi) is 7.25. The second-order valence-corrected chi connectivity index (χ2v) is 13.2. The molecule has 42 heavy (non-hydrogen) atoms. The monoisotopic (exact) mass is 596 g/mol. The molecule has 1 aromatic heterocycles. The van der Waals surface area contributed by atoms with Gasteiger partial charge in [0, 0.05) is 53.1 Å². The Morgan fingerprint density at radius 2 is 1.76 bits per heavy atom. The van der Waals surface area contributed by atoms with Gasteiger partial charge in [-0.1, -0.05) is 0 Å². The molecule has 11 nitrogen and oxygen atoms in total. The first-order chi connectivity index (χ1) is 19.6. The number of nitrogens with zero attached hydrogens (tertiary/aromatic N) is 3. The van der Waals surface area contributed by atoms with Crippen molar-refractivity contribution in [3.8, 4) is 16.2 Å². The summed E-state index contributed by atoms with van der Waals surface area (Å²) in [6.07, 6.45) is 0.270. The molecule has 2 aromatic rings. The van der Waals surface area contributed by atoms with Crippen LogP contribution in [0.4, 0.5) is 5.69 Å². The summed E-state index contributed by atoms with van der Waals surface area (Å²) in [6.45, 7) is 0.711. The van der Waals surface area contributed by atoms with Crippen molar-refractivity contribution >= 4 is 40.3 Å². The number of benzene rings is 1. The van der Waals surface area contributed by atoms with E-state index in [1.165, 1.54) is 16.2 Å². The van der Waals surface area contributed by atoms with Crippen molar-refractivity contribution in [2.45, 2.75) is 31.0 Å². The van der Waals surface area contributed by atoms with Crippen LogP contribution in [0.25, 0.3) is 16.2 Å². The average Bonchev–Trinajstić information content (AvgIpc) is 3.33. The fourth-order valence-electron chi connectivity index (χ4n) is 6.80. The molecule has 0 spiro atoms. The lowest BCUT2D eigenvalue weighted by Gasteiger charge is -2.50. The van der Waals surface area contributed by atoms with Crippen molar-refractivity contribution in [2.24, 2.45) is 17.6 Å². The van der Waals surface area contributed by atoms with E-state index in [1.54, 1.807) is 14.1 Å². The van der Waals surface area contributed by atoms with Crippen molar-refractivity contribution in [2.75, 3.05) is 47.2 Å². The lowest BCUT2D eigenvalue weighted by atomic mass is 9.57. The SMILES string of the molecule is CN(C)Cc1ccc(-c2cc(N(C)C)c3c(c2O)C(O)=C2C(=O)C4(O)C(O)=C(C(N)=O)C(=O)C(N(C)C)C4CC2C3)s1. The maximum absolute atomic E-state index is 14.1. The third-order valence-corrected chi connectivity index (χ3v) is 9.68. The van der Waals surface area contributed by atoms with E-state index < -0.39 is 58.0 Å². The maximum atomic E-state index is 14.1. The molecule has 4 unspecified atom stereocenters. The highest BCUT2D eigenvalue weighted by molar-refractivity contribution is 7.15. The molecule has 5 rings (SSSR count). The van der Waals surface area contributed by atoms with Crippen LogP contribution in [-0.2, 0) is 27.3 Å². The topological polar surface area (TPSA) is 168 Å². The molecule has 6 N–H and O–H groups in total. The molecule has 0 radical (unpaired) electrons. The number of fused-ring (bicyclic) bond motifs is 3. The molecule has 224 valence electrons. The van der Waals surface area contributed by atoms with Crippen LogP contribution < -0.4 is 10.6 Å². The minimum absolute atomic E-state index is 0.0416. The van der Waals surface area contributed by atoms with Gasteiger partial charge in [0.2, 0.25) is 5.78 Å². The molecule has 0 saturated heterocycles. The number of anilines is 1. The van der Waals surface area contributed by atoms with Gasteiger partial charge in [0.15, 0.2) is 11.4 Å². The van der Waals surface area contributed by atoms with Crippen molar-refractivity contribution in [1.82, 2.24) is 9.80 Å². The number of aliphatic hydroxyl groups is 3. The maximum Gasteiger partial charge on any atom is 0.255 e. The number of phenols is 1. The van der Waals surface area contributed by atoms with Crippen LogP contribution in [0.2, 0.25) is 0 Å². The van der Waals surface area contributed by atoms with E-state index in [4.69, 9.17) is 5.73 Å². The summed E-state index contributed by atoms with van der Waals surface area (Å²) in [5.74, 6) is -6.62. The summed E-state index contributed by atoms with van der Waals surface area (Å²) in [4.78, 5) is 46.9. The Bertz CT molecular complexity index is 1590. The molecule has 1 amide bonds. The minimum Gasteiger partial charge on any atom is -0.508 e. The van der Waals surface area contributed by atoms with Crippen molar-refractivity contribution in [3.05, 3.63) is 51.1 Å². The number of aliphatic hydroxyl groups excluding tert-OH is 2. The lowest BCUT2D eigenvalue weighted by molar-refractivity contribution is -0.153. The summed E-state index contributed by atoms with van der Waals surface area (Å²) in [5.41, 5.74) is 3.65. The normalized spacial score (nSPS) is 25.6. The van der Waals surface area contributed by atoms with Gasteiger partial charge in [-0.05, 0) is 70.7 Å². The highest BCUT2D eigenvalue weighted by Crippen LogP contribution is 2.55. The second kappa shape index (κ2) is 10.2. The Labute approximate surface area is 247 Å². The van der Waals surface area contributed by atoms with Gasteiger partial charge in [0.1, 0.15) is 22.8 Å². The van der Waals surface area contributed by atoms with Crippen LogP contribution in [0.1, 0.15) is 22.4 Å². The number of aromatic hydroxyl groups is 1. The second-order valence-electron chi connectivity index (χ2n) is 12.0. The van der Waals surface area contributed by atoms with Gasteiger partial charge in [-0.3, -0.25) is 19.3 Å². The van der Waals surface area contributed by atoms with Crippen LogP contribution in [0.15, 0.2) is 35.1 Å². The molecular formula is C30H36N4O7S. The molecule has 1 fully saturated rings. The van der Waals surface area contributed by atoms with E-state index in [-0.39, 0.29) is 29.7 Å². The standard InChI is InChI=1S/C30H36N4O7S/c1-32(2)12-14-7-8-19(42-14)16-11-18(33(3)4)15-9-13-10-17-23(34(5)6)26(37)22(29(31)40)28(39)30(17,41)27(38)20(13)25(36)21(15)24(16)35/h7-8,11,13,17,23,35-36,39,41H,9-10,12H2,1-6H3,(H2,31,40). The summed E-state index contributed by atoms with van der Waals surface area (Å²) < 4.78 is 0. The van der Waals surface area contributed by atoms with Crippen LogP contribution in [0.3, 0.4) is 0 Å². The number of thiophene rings is 1. The smallest absolute Gasteiger partial charge is 0.255 e. The number of phenolic OH excluding ortho intramolecular Hbond substituents is 1. The van der Waals surface area contributed by atoms with Crippen molar-refractivity contribution < 1.29 is 34.8 Å². The van der Waals surface area contributed by atoms with Gasteiger partial charge in [0.05, 0.1) is 11.6 Å². The molecule has 0 aliphatic heterocycles. The van der Waals surface area contributed by atoms with E-state index in [2.05, 4.69) is 0 Å². The van der Waals surface area contributed by atoms with Crippen LogP contribution in [0, 0.1) is 11.8 Å². The zero-order valence-corrected chi connectivity index (χ0v) is 25.2. The lowest BCUT2D eigenvalue weighted by Crippen LogP contribution is -2.65. The summed E-state index contributed by atoms with van der Waals surface area (Å²) in [5, 5.41) is 46.2. The number of rotatable bonds is 6. The van der Waals surface area contributed by atoms with Crippen LogP contribution >= 0.6 is 11.3 Å². The van der Waals surface area contributed by atoms with Crippen LogP contribution in [-0.4, -0.2) is 102 Å². The third kappa shape index (κ3) is 4.24. The largest absolute Gasteiger partial charge is 0.508 e. The molecule has 3 aliphatic rings. The third-order valence-electron chi connectivity index (χ3n) is 8.58. The Morgan fingerprint density at radius 3 is 2.33 bits per heavy atom. The number of carbonyl (C=O) groups is 3. The first kappa shape index (κ1) is 29.8. The average molecular weight is 597 g/mol. The number of hydrogen-bond acceptors (Lipinski definition) is 11. The number of ketones is 2. The van der Waals surface area contributed by atoms with Gasteiger partial charge in [-0.25, -0.2) is 0 Å². The number of nitrogens with two attached hydrogens (primary N) is 1. The fourth-order valence-corrected chi connectivity index (χ4v) is 7.94. The van der Waals surface area contributed by atoms with Gasteiger partial charge in [-0.2, -0.15) is 0 Å². The highest BCUT2D eigenvalue weighted by Gasteiger charge is 2.64. The molecule has 3 aliphatic carbocycles. The van der Waals surface area contributed by atoms with Crippen molar-refractivity contribution in [3.63, 3.8) is 0 Å².